The van der Waals surface area contributed by atoms with Gasteiger partial charge in [0.2, 0.25) is 5.75 Å². The minimum absolute atomic E-state index is 0.0607. The standard InChI is InChI=1S/C24H25FN2O6S/c1-30-21-12-16(13-22(31-2)24(21)33-4)9-8-15-10-19(25)23(32-3)20(11-15)27-34(28,29)18-7-5-6-17(26)14-18/h5-14,27H,26H2,1-4H3/b9-8-. The molecule has 0 unspecified atom stereocenters. The monoisotopic (exact) mass is 488 g/mol. The fourth-order valence-corrected chi connectivity index (χ4v) is 4.38. The molecule has 3 N–H and O–H groups in total. The number of sulfonamides is 1. The lowest BCUT2D eigenvalue weighted by Gasteiger charge is -2.14. The summed E-state index contributed by atoms with van der Waals surface area (Å²) in [4.78, 5) is -0.0617. The zero-order valence-corrected chi connectivity index (χ0v) is 19.9. The molecule has 0 heterocycles. The van der Waals surface area contributed by atoms with Gasteiger partial charge in [0.1, 0.15) is 0 Å². The number of methoxy groups -OCH3 is 4. The molecule has 0 radical (unpaired) electrons. The van der Waals surface area contributed by atoms with Gasteiger partial charge in [0.25, 0.3) is 10.0 Å². The first kappa shape index (κ1) is 24.7. The second kappa shape index (κ2) is 10.3. The summed E-state index contributed by atoms with van der Waals surface area (Å²) in [6, 6.07) is 11.9. The van der Waals surface area contributed by atoms with Gasteiger partial charge in [-0.05, 0) is 53.6 Å². The van der Waals surface area contributed by atoms with E-state index >= 15 is 0 Å². The Labute approximate surface area is 197 Å². The van der Waals surface area contributed by atoms with Crippen molar-refractivity contribution in [2.75, 3.05) is 38.9 Å². The molecule has 3 rings (SSSR count). The highest BCUT2D eigenvalue weighted by Gasteiger charge is 2.20. The van der Waals surface area contributed by atoms with Gasteiger partial charge in [-0.3, -0.25) is 4.72 Å². The van der Waals surface area contributed by atoms with E-state index < -0.39 is 15.8 Å². The quantitative estimate of drug-likeness (QED) is 0.339. The number of nitrogens with two attached hydrogens (primary N) is 1. The van der Waals surface area contributed by atoms with Gasteiger partial charge >= 0.3 is 0 Å². The van der Waals surface area contributed by atoms with Gasteiger partial charge < -0.3 is 24.7 Å². The van der Waals surface area contributed by atoms with E-state index in [4.69, 9.17) is 24.7 Å². The Morgan fingerprint density at radius 2 is 1.41 bits per heavy atom. The Morgan fingerprint density at radius 3 is 1.94 bits per heavy atom. The molecule has 0 saturated heterocycles. The summed E-state index contributed by atoms with van der Waals surface area (Å²) in [6.45, 7) is 0. The SMILES string of the molecule is COc1cc(/C=C\c2cc(F)c(OC)c(NS(=O)(=O)c3cccc(N)c3)c2)cc(OC)c1OC. The summed E-state index contributed by atoms with van der Waals surface area (Å²) in [7, 11) is 1.72. The molecule has 0 aliphatic rings. The zero-order chi connectivity index (χ0) is 24.9. The summed E-state index contributed by atoms with van der Waals surface area (Å²) in [5, 5.41) is 0. The molecule has 34 heavy (non-hydrogen) atoms. The van der Waals surface area contributed by atoms with Crippen LogP contribution in [-0.2, 0) is 10.0 Å². The average Bonchev–Trinajstić information content (AvgIpc) is 2.81. The van der Waals surface area contributed by atoms with Gasteiger partial charge in [-0.15, -0.1) is 0 Å². The van der Waals surface area contributed by atoms with E-state index in [1.54, 1.807) is 30.4 Å². The molecule has 0 aliphatic heterocycles. The predicted molar refractivity (Wildman–Crippen MR) is 130 cm³/mol. The largest absolute Gasteiger partial charge is 0.493 e. The van der Waals surface area contributed by atoms with E-state index in [0.717, 1.165) is 0 Å². The van der Waals surface area contributed by atoms with Crippen LogP contribution < -0.4 is 29.4 Å². The molecule has 0 aromatic heterocycles. The average molecular weight is 489 g/mol. The van der Waals surface area contributed by atoms with Crippen LogP contribution >= 0.6 is 0 Å². The first-order chi connectivity index (χ1) is 16.2. The summed E-state index contributed by atoms with van der Waals surface area (Å²) in [5.41, 5.74) is 6.99. The lowest BCUT2D eigenvalue weighted by molar-refractivity contribution is 0.324. The molecule has 0 fully saturated rings. The predicted octanol–water partition coefficient (Wildman–Crippen LogP) is 4.41. The van der Waals surface area contributed by atoms with E-state index in [9.17, 15) is 12.8 Å². The van der Waals surface area contributed by atoms with Gasteiger partial charge in [-0.2, -0.15) is 0 Å². The minimum atomic E-state index is -4.04. The maximum absolute atomic E-state index is 14.7. The fraction of sp³-hybridized carbons (Fsp3) is 0.167. The molecular formula is C24H25FN2O6S. The number of hydrogen-bond donors (Lipinski definition) is 2. The van der Waals surface area contributed by atoms with Crippen LogP contribution in [0, 0.1) is 5.82 Å². The van der Waals surface area contributed by atoms with Crippen molar-refractivity contribution < 1.29 is 31.8 Å². The molecule has 0 bridgehead atoms. The first-order valence-electron chi connectivity index (χ1n) is 9.96. The number of anilines is 2. The van der Waals surface area contributed by atoms with Crippen molar-refractivity contribution in [1.82, 2.24) is 0 Å². The highest BCUT2D eigenvalue weighted by molar-refractivity contribution is 7.92. The van der Waals surface area contributed by atoms with Crippen molar-refractivity contribution in [2.24, 2.45) is 0 Å². The summed E-state index contributed by atoms with van der Waals surface area (Å²) >= 11 is 0. The molecule has 0 aliphatic carbocycles. The maximum atomic E-state index is 14.7. The molecule has 10 heteroatoms. The van der Waals surface area contributed by atoms with Crippen LogP contribution in [0.4, 0.5) is 15.8 Å². The number of nitrogens with one attached hydrogen (secondary N) is 1. The third-order valence-corrected chi connectivity index (χ3v) is 6.20. The van der Waals surface area contributed by atoms with Crippen molar-refractivity contribution >= 4 is 33.6 Å². The molecule has 3 aromatic carbocycles. The molecule has 0 spiro atoms. The maximum Gasteiger partial charge on any atom is 0.262 e. The topological polar surface area (TPSA) is 109 Å². The number of halogens is 1. The van der Waals surface area contributed by atoms with Gasteiger partial charge in [0.05, 0.1) is 39.0 Å². The summed E-state index contributed by atoms with van der Waals surface area (Å²) in [6.07, 6.45) is 3.31. The van der Waals surface area contributed by atoms with Crippen molar-refractivity contribution in [1.29, 1.82) is 0 Å². The minimum Gasteiger partial charge on any atom is -0.493 e. The number of nitrogen functional groups attached to an aromatic ring is 1. The fourth-order valence-electron chi connectivity index (χ4n) is 3.27. The van der Waals surface area contributed by atoms with E-state index in [0.29, 0.717) is 28.4 Å². The smallest absolute Gasteiger partial charge is 0.262 e. The normalized spacial score (nSPS) is 11.3. The number of hydrogen-bond acceptors (Lipinski definition) is 7. The Kier molecular flexibility index (Phi) is 7.52. The number of ether oxygens (including phenoxy) is 4. The molecule has 3 aromatic rings. The van der Waals surface area contributed by atoms with Crippen molar-refractivity contribution in [3.63, 3.8) is 0 Å². The van der Waals surface area contributed by atoms with Crippen LogP contribution in [0.2, 0.25) is 0 Å². The Bertz CT molecular complexity index is 1300. The van der Waals surface area contributed by atoms with E-state index in [1.807, 2.05) is 0 Å². The van der Waals surface area contributed by atoms with Gasteiger partial charge in [0, 0.05) is 5.69 Å². The van der Waals surface area contributed by atoms with Crippen LogP contribution in [0.1, 0.15) is 11.1 Å². The zero-order valence-electron chi connectivity index (χ0n) is 19.1. The van der Waals surface area contributed by atoms with Crippen molar-refractivity contribution in [3.8, 4) is 23.0 Å². The van der Waals surface area contributed by atoms with E-state index in [1.165, 1.54) is 58.8 Å². The van der Waals surface area contributed by atoms with Crippen molar-refractivity contribution in [2.45, 2.75) is 4.90 Å². The Hall–Kier alpha value is -3.92. The second-order valence-corrected chi connectivity index (χ2v) is 8.74. The van der Waals surface area contributed by atoms with Gasteiger partial charge in [-0.1, -0.05) is 18.2 Å². The molecule has 8 nitrogen and oxygen atoms in total. The lowest BCUT2D eigenvalue weighted by Crippen LogP contribution is -2.14. The van der Waals surface area contributed by atoms with Crippen molar-refractivity contribution in [3.05, 3.63) is 65.5 Å². The third kappa shape index (κ3) is 5.34. The molecular weight excluding hydrogens is 463 g/mol. The summed E-state index contributed by atoms with van der Waals surface area (Å²) < 4.78 is 63.9. The third-order valence-electron chi connectivity index (χ3n) is 4.84. The van der Waals surface area contributed by atoms with Crippen LogP contribution in [-0.4, -0.2) is 36.9 Å². The molecule has 0 atom stereocenters. The van der Waals surface area contributed by atoms with E-state index in [-0.39, 0.29) is 22.0 Å². The number of benzene rings is 3. The lowest BCUT2D eigenvalue weighted by atomic mass is 10.1. The van der Waals surface area contributed by atoms with Crippen LogP contribution in [0.15, 0.2) is 53.4 Å². The van der Waals surface area contributed by atoms with Gasteiger partial charge in [0.15, 0.2) is 23.1 Å². The molecule has 0 amide bonds. The van der Waals surface area contributed by atoms with Gasteiger partial charge in [-0.25, -0.2) is 12.8 Å². The first-order valence-corrected chi connectivity index (χ1v) is 11.4. The van der Waals surface area contributed by atoms with Crippen LogP contribution in [0.25, 0.3) is 12.2 Å². The number of rotatable bonds is 9. The molecule has 0 saturated carbocycles. The highest BCUT2D eigenvalue weighted by Crippen LogP contribution is 2.39. The van der Waals surface area contributed by atoms with E-state index in [2.05, 4.69) is 4.72 Å². The summed E-state index contributed by atoms with van der Waals surface area (Å²) in [5.74, 6) is 0.379. The Balaban J connectivity index is 1.99. The second-order valence-electron chi connectivity index (χ2n) is 7.05. The van der Waals surface area contributed by atoms with Crippen LogP contribution in [0.5, 0.6) is 23.0 Å². The van der Waals surface area contributed by atoms with Crippen LogP contribution in [0.3, 0.4) is 0 Å². The highest BCUT2D eigenvalue weighted by atomic mass is 32.2. The molecule has 180 valence electrons. The Morgan fingerprint density at radius 1 is 0.824 bits per heavy atom.